The first kappa shape index (κ1) is 14.5. The maximum absolute atomic E-state index is 10.7. The second-order valence-electron chi connectivity index (χ2n) is 5.35. The van der Waals surface area contributed by atoms with Crippen LogP contribution in [0.4, 0.5) is 0 Å². The second kappa shape index (κ2) is 5.23. The first-order valence-electron chi connectivity index (χ1n) is 6.34. The topological polar surface area (TPSA) is 40.5 Å². The van der Waals surface area contributed by atoms with Crippen molar-refractivity contribution in [3.63, 3.8) is 0 Å². The van der Waals surface area contributed by atoms with Gasteiger partial charge in [0, 0.05) is 4.47 Å². The van der Waals surface area contributed by atoms with Crippen LogP contribution in [-0.4, -0.2) is 16.8 Å². The smallest absolute Gasteiger partial charge is 0.0914 e. The summed E-state index contributed by atoms with van der Waals surface area (Å²) in [6.07, 6.45) is 1.70. The highest BCUT2D eigenvalue weighted by atomic mass is 79.9. The Morgan fingerprint density at radius 2 is 2.21 bits per heavy atom. The number of hydrogen-bond acceptors (Lipinski definition) is 2. The number of rotatable bonds is 3. The Balaban J connectivity index is 2.58. The summed E-state index contributed by atoms with van der Waals surface area (Å²) in [4.78, 5) is 0. The minimum atomic E-state index is -0.691. The van der Waals surface area contributed by atoms with Crippen molar-refractivity contribution in [2.24, 2.45) is 5.41 Å². The van der Waals surface area contributed by atoms with Gasteiger partial charge in [-0.3, -0.25) is 0 Å². The third kappa shape index (κ3) is 2.20. The van der Waals surface area contributed by atoms with Crippen molar-refractivity contribution in [1.29, 1.82) is 0 Å². The number of allylic oxidation sites excluding steroid dienone is 2. The average Bonchev–Trinajstić information content (AvgIpc) is 2.63. The zero-order valence-corrected chi connectivity index (χ0v) is 12.9. The van der Waals surface area contributed by atoms with E-state index < -0.39 is 11.5 Å². The van der Waals surface area contributed by atoms with Gasteiger partial charge >= 0.3 is 0 Å². The van der Waals surface area contributed by atoms with E-state index in [4.69, 9.17) is 0 Å². The monoisotopic (exact) mass is 322 g/mol. The van der Waals surface area contributed by atoms with E-state index in [9.17, 15) is 10.2 Å². The lowest BCUT2D eigenvalue weighted by molar-refractivity contribution is 0.0224. The van der Waals surface area contributed by atoms with Gasteiger partial charge in [-0.25, -0.2) is 0 Å². The molecule has 1 aliphatic carbocycles. The van der Waals surface area contributed by atoms with Crippen molar-refractivity contribution in [2.75, 3.05) is 6.61 Å². The summed E-state index contributed by atoms with van der Waals surface area (Å²) in [5, 5.41) is 20.6. The molecule has 0 amide bonds. The van der Waals surface area contributed by atoms with Crippen molar-refractivity contribution in [2.45, 2.75) is 26.4 Å². The molecule has 0 saturated carbocycles. The lowest BCUT2D eigenvalue weighted by Crippen LogP contribution is -2.32. The van der Waals surface area contributed by atoms with Crippen molar-refractivity contribution >= 4 is 15.9 Å². The van der Waals surface area contributed by atoms with Crippen LogP contribution in [0.5, 0.6) is 0 Å². The van der Waals surface area contributed by atoms with Crippen LogP contribution >= 0.6 is 15.9 Å². The van der Waals surface area contributed by atoms with Crippen LogP contribution in [0.3, 0.4) is 0 Å². The molecule has 19 heavy (non-hydrogen) atoms. The Kier molecular flexibility index (Phi) is 4.00. The molecule has 2 nitrogen and oxygen atoms in total. The van der Waals surface area contributed by atoms with Crippen molar-refractivity contribution < 1.29 is 10.2 Å². The molecule has 2 N–H and O–H groups in total. The van der Waals surface area contributed by atoms with Gasteiger partial charge < -0.3 is 10.2 Å². The lowest BCUT2D eigenvalue weighted by Gasteiger charge is -2.33. The minimum Gasteiger partial charge on any atom is -0.395 e. The molecule has 0 aromatic heterocycles. The van der Waals surface area contributed by atoms with E-state index in [1.165, 1.54) is 0 Å². The maximum atomic E-state index is 10.7. The normalized spacial score (nSPS) is 25.0. The van der Waals surface area contributed by atoms with Crippen LogP contribution in [0, 0.1) is 5.41 Å². The van der Waals surface area contributed by atoms with Crippen LogP contribution in [0.2, 0.25) is 0 Å². The minimum absolute atomic E-state index is 0.0903. The third-order valence-electron chi connectivity index (χ3n) is 3.99. The molecule has 0 heterocycles. The quantitative estimate of drug-likeness (QED) is 0.836. The Morgan fingerprint density at radius 1 is 1.53 bits per heavy atom. The van der Waals surface area contributed by atoms with Gasteiger partial charge in [0.1, 0.15) is 0 Å². The molecular weight excluding hydrogens is 304 g/mol. The van der Waals surface area contributed by atoms with E-state index in [1.54, 1.807) is 6.08 Å². The maximum Gasteiger partial charge on any atom is 0.0914 e. The lowest BCUT2D eigenvalue weighted by atomic mass is 9.74. The Bertz CT molecular complexity index is 544. The number of aliphatic hydroxyl groups is 2. The van der Waals surface area contributed by atoms with E-state index in [1.807, 2.05) is 32.0 Å². The summed E-state index contributed by atoms with van der Waals surface area (Å²) in [7, 11) is 0. The number of halogens is 1. The van der Waals surface area contributed by atoms with Crippen molar-refractivity contribution in [1.82, 2.24) is 0 Å². The number of hydrogen-bond donors (Lipinski definition) is 2. The molecule has 2 rings (SSSR count). The fraction of sp³-hybridized carbons (Fsp3) is 0.375. The van der Waals surface area contributed by atoms with Gasteiger partial charge in [0.15, 0.2) is 0 Å². The van der Waals surface area contributed by atoms with Gasteiger partial charge in [0.05, 0.1) is 18.1 Å². The van der Waals surface area contributed by atoms with E-state index in [0.717, 1.165) is 26.7 Å². The van der Waals surface area contributed by atoms with E-state index in [2.05, 4.69) is 22.5 Å². The molecule has 2 atom stereocenters. The molecular formula is C16H19BrO2. The number of benzene rings is 1. The summed E-state index contributed by atoms with van der Waals surface area (Å²) in [5.41, 5.74) is 3.34. The SMILES string of the molecule is C=CC(=C(C)C)[C@]1(CO)Cc2cc(Br)ccc2[C@H]1O. The zero-order valence-electron chi connectivity index (χ0n) is 11.3. The van der Waals surface area contributed by atoms with E-state index in [0.29, 0.717) is 6.42 Å². The highest BCUT2D eigenvalue weighted by molar-refractivity contribution is 9.10. The molecule has 1 aliphatic rings. The third-order valence-corrected chi connectivity index (χ3v) is 4.48. The van der Waals surface area contributed by atoms with Crippen LogP contribution in [0.15, 0.2) is 46.5 Å². The Morgan fingerprint density at radius 3 is 2.74 bits per heavy atom. The highest BCUT2D eigenvalue weighted by Crippen LogP contribution is 2.51. The molecule has 1 aromatic carbocycles. The van der Waals surface area contributed by atoms with Crippen molar-refractivity contribution in [3.05, 3.63) is 57.6 Å². The van der Waals surface area contributed by atoms with Crippen LogP contribution in [0.25, 0.3) is 0 Å². The second-order valence-corrected chi connectivity index (χ2v) is 6.27. The van der Waals surface area contributed by atoms with Gasteiger partial charge in [-0.15, -0.1) is 0 Å². The average molecular weight is 323 g/mol. The van der Waals surface area contributed by atoms with Gasteiger partial charge in [-0.2, -0.15) is 0 Å². The standard InChI is InChI=1S/C16H19BrO2/c1-4-14(10(2)3)16(9-18)8-11-7-12(17)5-6-13(11)15(16)19/h4-7,15,18-19H,1,8-9H2,2-3H3/t15-,16-/m1/s1. The van der Waals surface area contributed by atoms with Gasteiger partial charge in [-0.1, -0.05) is 40.2 Å². The van der Waals surface area contributed by atoms with Gasteiger partial charge in [0.2, 0.25) is 0 Å². The molecule has 0 aliphatic heterocycles. The predicted molar refractivity (Wildman–Crippen MR) is 80.9 cm³/mol. The zero-order chi connectivity index (χ0) is 14.2. The summed E-state index contributed by atoms with van der Waals surface area (Å²) < 4.78 is 0.990. The molecule has 0 unspecified atom stereocenters. The van der Waals surface area contributed by atoms with Crippen LogP contribution < -0.4 is 0 Å². The summed E-state index contributed by atoms with van der Waals surface area (Å²) in [6.45, 7) is 7.73. The predicted octanol–water partition coefficient (Wildman–Crippen LogP) is 3.54. The largest absolute Gasteiger partial charge is 0.395 e. The van der Waals surface area contributed by atoms with E-state index in [-0.39, 0.29) is 6.61 Å². The van der Waals surface area contributed by atoms with Gasteiger partial charge in [-0.05, 0) is 49.1 Å². The van der Waals surface area contributed by atoms with Crippen LogP contribution in [0.1, 0.15) is 31.1 Å². The molecule has 0 bridgehead atoms. The fourth-order valence-corrected chi connectivity index (χ4v) is 3.51. The Hall–Kier alpha value is -0.900. The summed E-state index contributed by atoms with van der Waals surface area (Å²) >= 11 is 3.45. The summed E-state index contributed by atoms with van der Waals surface area (Å²) in [5.74, 6) is 0. The molecule has 3 heteroatoms. The van der Waals surface area contributed by atoms with E-state index >= 15 is 0 Å². The highest BCUT2D eigenvalue weighted by Gasteiger charge is 2.47. The molecule has 0 radical (unpaired) electrons. The summed E-state index contributed by atoms with van der Waals surface area (Å²) in [6, 6.07) is 5.86. The first-order chi connectivity index (χ1) is 8.96. The van der Waals surface area contributed by atoms with Crippen molar-refractivity contribution in [3.8, 4) is 0 Å². The molecule has 1 aromatic rings. The number of aliphatic hydroxyl groups excluding tert-OH is 2. The molecule has 102 valence electrons. The van der Waals surface area contributed by atoms with Gasteiger partial charge in [0.25, 0.3) is 0 Å². The number of fused-ring (bicyclic) bond motifs is 1. The molecule has 0 fully saturated rings. The first-order valence-corrected chi connectivity index (χ1v) is 7.13. The Labute approximate surface area is 122 Å². The fourth-order valence-electron chi connectivity index (χ4n) is 3.10. The van der Waals surface area contributed by atoms with Crippen LogP contribution in [-0.2, 0) is 6.42 Å². The molecule has 0 spiro atoms. The molecule has 0 saturated heterocycles.